The van der Waals surface area contributed by atoms with Crippen molar-refractivity contribution in [2.45, 2.75) is 38.7 Å². The highest BCUT2D eigenvalue weighted by Crippen LogP contribution is 2.32. The fraction of sp³-hybridized carbons (Fsp3) is 0.231. The number of carbonyl (C=O) groups excluding carboxylic acids is 2. The summed E-state index contributed by atoms with van der Waals surface area (Å²) in [6.45, 7) is 1.80. The minimum atomic E-state index is -0.482. The van der Waals surface area contributed by atoms with Crippen molar-refractivity contribution < 1.29 is 14.3 Å². The molecular weight excluding hydrogens is 539 g/mol. The van der Waals surface area contributed by atoms with E-state index in [1.165, 1.54) is 0 Å². The van der Waals surface area contributed by atoms with Gasteiger partial charge in [0.25, 0.3) is 0 Å². The summed E-state index contributed by atoms with van der Waals surface area (Å²) in [6, 6.07) is 15.8. The number of benzene rings is 3. The zero-order valence-electron chi connectivity index (χ0n) is 18.5. The van der Waals surface area contributed by atoms with Crippen molar-refractivity contribution in [3.63, 3.8) is 0 Å². The van der Waals surface area contributed by atoms with Gasteiger partial charge in [-0.25, -0.2) is 4.79 Å². The molecule has 4 rings (SSSR count). The Hall–Kier alpha value is -2.54. The molecule has 0 aromatic heterocycles. The second kappa shape index (κ2) is 10.8. The van der Waals surface area contributed by atoms with Crippen LogP contribution in [0.25, 0.3) is 0 Å². The first-order chi connectivity index (χ1) is 16.3. The molecule has 1 amide bonds. The number of hydrogen-bond acceptors (Lipinski definition) is 4. The third-order valence-corrected chi connectivity index (χ3v) is 7.01. The van der Waals surface area contributed by atoms with Crippen LogP contribution >= 0.6 is 39.1 Å². The molecule has 1 fully saturated rings. The van der Waals surface area contributed by atoms with Crippen molar-refractivity contribution in [1.82, 2.24) is 0 Å². The average molecular weight is 562 g/mol. The van der Waals surface area contributed by atoms with Gasteiger partial charge in [-0.3, -0.25) is 10.1 Å². The van der Waals surface area contributed by atoms with Crippen molar-refractivity contribution in [1.29, 1.82) is 0 Å². The zero-order chi connectivity index (χ0) is 24.2. The van der Waals surface area contributed by atoms with Crippen LogP contribution in [-0.2, 0) is 4.74 Å². The van der Waals surface area contributed by atoms with Crippen LogP contribution in [0.2, 0.25) is 10.0 Å². The molecule has 0 atom stereocenters. The van der Waals surface area contributed by atoms with Crippen LogP contribution in [0.3, 0.4) is 0 Å². The Bertz CT molecular complexity index is 1240. The van der Waals surface area contributed by atoms with Gasteiger partial charge in [-0.15, -0.1) is 0 Å². The molecule has 3 aromatic carbocycles. The fourth-order valence-corrected chi connectivity index (χ4v) is 4.76. The Labute approximate surface area is 216 Å². The van der Waals surface area contributed by atoms with Gasteiger partial charge in [0.2, 0.25) is 0 Å². The minimum Gasteiger partial charge on any atom is -0.446 e. The molecule has 1 saturated carbocycles. The lowest BCUT2D eigenvalue weighted by Crippen LogP contribution is -2.20. The number of rotatable bonds is 6. The van der Waals surface area contributed by atoms with Crippen LogP contribution in [0.5, 0.6) is 0 Å². The van der Waals surface area contributed by atoms with E-state index in [1.54, 1.807) is 49.4 Å². The lowest BCUT2D eigenvalue weighted by atomic mass is 9.99. The van der Waals surface area contributed by atoms with E-state index in [2.05, 4.69) is 26.6 Å². The zero-order valence-corrected chi connectivity index (χ0v) is 21.6. The van der Waals surface area contributed by atoms with Crippen molar-refractivity contribution in [2.75, 3.05) is 10.6 Å². The van der Waals surface area contributed by atoms with Crippen LogP contribution < -0.4 is 10.6 Å². The van der Waals surface area contributed by atoms with E-state index in [-0.39, 0.29) is 11.9 Å². The molecule has 34 heavy (non-hydrogen) atoms. The SMILES string of the molecule is Cc1c(Cl)cccc1C(=O)c1ccc(Nc2ccc(Br)cc2NC(=O)OC2CCCC2)cc1Cl. The summed E-state index contributed by atoms with van der Waals surface area (Å²) in [4.78, 5) is 25.4. The van der Waals surface area contributed by atoms with Crippen LogP contribution in [0.15, 0.2) is 59.1 Å². The number of ether oxygens (including phenoxy) is 1. The fourth-order valence-electron chi connectivity index (χ4n) is 3.96. The van der Waals surface area contributed by atoms with Gasteiger partial charge in [0.15, 0.2) is 5.78 Å². The molecule has 0 radical (unpaired) electrons. The van der Waals surface area contributed by atoms with Gasteiger partial charge in [-0.1, -0.05) is 51.3 Å². The molecule has 3 aromatic rings. The molecule has 0 unspecified atom stereocenters. The summed E-state index contributed by atoms with van der Waals surface area (Å²) in [5.41, 5.74) is 3.49. The standard InChI is InChI=1S/C26H23BrCl2N2O3/c1-15-19(7-4-8-21(15)28)25(32)20-11-10-17(14-22(20)29)30-23-12-9-16(27)13-24(23)31-26(33)34-18-5-2-3-6-18/h4,7-14,18,30H,2-3,5-6H2,1H3,(H,31,33). The molecule has 0 bridgehead atoms. The number of ketones is 1. The molecule has 176 valence electrons. The lowest BCUT2D eigenvalue weighted by Gasteiger charge is -2.16. The van der Waals surface area contributed by atoms with Gasteiger partial charge < -0.3 is 10.1 Å². The molecule has 0 saturated heterocycles. The Balaban J connectivity index is 1.53. The number of halogens is 3. The second-order valence-corrected chi connectivity index (χ2v) is 9.92. The van der Waals surface area contributed by atoms with Crippen LogP contribution in [0.4, 0.5) is 21.9 Å². The quantitative estimate of drug-likeness (QED) is 0.296. The van der Waals surface area contributed by atoms with Gasteiger partial charge >= 0.3 is 6.09 Å². The molecule has 2 N–H and O–H groups in total. The van der Waals surface area contributed by atoms with Gasteiger partial charge in [0.05, 0.1) is 16.4 Å². The van der Waals surface area contributed by atoms with E-state index < -0.39 is 6.09 Å². The second-order valence-electron chi connectivity index (χ2n) is 8.19. The van der Waals surface area contributed by atoms with Crippen LogP contribution in [0.1, 0.15) is 47.2 Å². The van der Waals surface area contributed by atoms with E-state index in [9.17, 15) is 9.59 Å². The topological polar surface area (TPSA) is 67.4 Å². The van der Waals surface area contributed by atoms with E-state index in [0.717, 1.165) is 30.2 Å². The van der Waals surface area contributed by atoms with E-state index in [1.807, 2.05) is 12.1 Å². The third kappa shape index (κ3) is 5.74. The molecular formula is C26H23BrCl2N2O3. The Morgan fingerprint density at radius 1 is 0.941 bits per heavy atom. The van der Waals surface area contributed by atoms with Crippen molar-refractivity contribution in [3.8, 4) is 0 Å². The first-order valence-corrected chi connectivity index (χ1v) is 12.5. The largest absolute Gasteiger partial charge is 0.446 e. The maximum atomic E-state index is 13.0. The van der Waals surface area contributed by atoms with Gasteiger partial charge in [-0.2, -0.15) is 0 Å². The number of carbonyl (C=O) groups is 2. The van der Waals surface area contributed by atoms with E-state index in [0.29, 0.717) is 43.8 Å². The number of nitrogens with one attached hydrogen (secondary N) is 2. The summed E-state index contributed by atoms with van der Waals surface area (Å²) < 4.78 is 6.33. The number of hydrogen-bond donors (Lipinski definition) is 2. The van der Waals surface area contributed by atoms with Gasteiger partial charge in [-0.05, 0) is 80.6 Å². The van der Waals surface area contributed by atoms with Crippen molar-refractivity contribution in [2.24, 2.45) is 0 Å². The minimum absolute atomic E-state index is 0.0319. The van der Waals surface area contributed by atoms with Crippen molar-refractivity contribution >= 4 is 68.1 Å². The summed E-state index contributed by atoms with van der Waals surface area (Å²) in [5, 5.41) is 6.92. The maximum absolute atomic E-state index is 13.0. The monoisotopic (exact) mass is 560 g/mol. The van der Waals surface area contributed by atoms with Crippen molar-refractivity contribution in [3.05, 3.63) is 85.8 Å². The number of amides is 1. The van der Waals surface area contributed by atoms with E-state index in [4.69, 9.17) is 27.9 Å². The first-order valence-electron chi connectivity index (χ1n) is 11.0. The maximum Gasteiger partial charge on any atom is 0.411 e. The van der Waals surface area contributed by atoms with Crippen LogP contribution in [-0.4, -0.2) is 18.0 Å². The van der Waals surface area contributed by atoms with Gasteiger partial charge in [0, 0.05) is 26.3 Å². The normalized spacial score (nSPS) is 13.5. The lowest BCUT2D eigenvalue weighted by molar-refractivity contribution is 0.103. The highest BCUT2D eigenvalue weighted by atomic mass is 79.9. The summed E-state index contributed by atoms with van der Waals surface area (Å²) in [6.07, 6.45) is 3.44. The molecule has 0 heterocycles. The third-order valence-electron chi connectivity index (χ3n) is 5.80. The Morgan fingerprint density at radius 2 is 1.71 bits per heavy atom. The van der Waals surface area contributed by atoms with Crippen LogP contribution in [0, 0.1) is 6.92 Å². The Morgan fingerprint density at radius 3 is 2.44 bits per heavy atom. The molecule has 0 aliphatic heterocycles. The predicted molar refractivity (Wildman–Crippen MR) is 141 cm³/mol. The summed E-state index contributed by atoms with van der Waals surface area (Å²) in [5.74, 6) is -0.197. The first kappa shape index (κ1) is 24.6. The molecule has 1 aliphatic carbocycles. The molecule has 5 nitrogen and oxygen atoms in total. The average Bonchev–Trinajstić information content (AvgIpc) is 3.30. The Kier molecular flexibility index (Phi) is 7.81. The molecule has 1 aliphatic rings. The smallest absolute Gasteiger partial charge is 0.411 e. The highest BCUT2D eigenvalue weighted by molar-refractivity contribution is 9.10. The number of anilines is 3. The highest BCUT2D eigenvalue weighted by Gasteiger charge is 2.20. The van der Waals surface area contributed by atoms with E-state index >= 15 is 0 Å². The predicted octanol–water partition coefficient (Wildman–Crippen LogP) is 8.53. The molecule has 8 heteroatoms. The summed E-state index contributed by atoms with van der Waals surface area (Å²) in [7, 11) is 0. The molecule has 0 spiro atoms. The summed E-state index contributed by atoms with van der Waals surface area (Å²) >= 11 is 16.1. The van der Waals surface area contributed by atoms with Gasteiger partial charge in [0.1, 0.15) is 6.10 Å².